The van der Waals surface area contributed by atoms with Gasteiger partial charge in [0.2, 0.25) is 0 Å². The predicted molar refractivity (Wildman–Crippen MR) is 82.5 cm³/mol. The number of benzene rings is 2. The van der Waals surface area contributed by atoms with Crippen LogP contribution in [-0.2, 0) is 4.57 Å². The summed E-state index contributed by atoms with van der Waals surface area (Å²) in [7, 11) is -3.60. The average molecular weight is 352 g/mol. The molecule has 0 saturated carbocycles. The smallest absolute Gasteiger partial charge is 0.414 e. The lowest BCUT2D eigenvalue weighted by Gasteiger charge is -2.19. The van der Waals surface area contributed by atoms with E-state index in [-0.39, 0.29) is 17.1 Å². The van der Waals surface area contributed by atoms with Crippen LogP contribution in [0.3, 0.4) is 0 Å². The Bertz CT molecular complexity index is 597. The van der Waals surface area contributed by atoms with Crippen LogP contribution in [0.25, 0.3) is 0 Å². The normalized spacial score (nSPS) is 11.2. The molecule has 3 nitrogen and oxygen atoms in total. The number of hydrogen-bond donors (Lipinski definition) is 0. The van der Waals surface area contributed by atoms with E-state index in [1.165, 1.54) is 0 Å². The summed E-state index contributed by atoms with van der Waals surface area (Å²) >= 11 is 17.6. The highest BCUT2D eigenvalue weighted by atomic mass is 35.5. The molecule has 20 heavy (non-hydrogen) atoms. The van der Waals surface area contributed by atoms with Crippen molar-refractivity contribution in [3.8, 4) is 11.5 Å². The highest BCUT2D eigenvalue weighted by Crippen LogP contribution is 2.51. The number of para-hydroxylation sites is 2. The van der Waals surface area contributed by atoms with Gasteiger partial charge in [-0.05, 0) is 24.3 Å². The fourth-order valence-corrected chi connectivity index (χ4v) is 3.21. The Morgan fingerprint density at radius 1 is 0.850 bits per heavy atom. The zero-order valence-electron chi connectivity index (χ0n) is 10.1. The summed E-state index contributed by atoms with van der Waals surface area (Å²) in [5.41, 5.74) is -0.330. The molecule has 0 atom stereocenters. The van der Waals surface area contributed by atoms with Crippen LogP contribution < -0.4 is 9.05 Å². The van der Waals surface area contributed by atoms with E-state index in [2.05, 4.69) is 0 Å². The molecule has 0 fully saturated rings. The molecule has 0 aliphatic heterocycles. The van der Waals surface area contributed by atoms with Crippen molar-refractivity contribution in [1.29, 1.82) is 0 Å². The second-order valence-electron chi connectivity index (χ2n) is 3.77. The maximum absolute atomic E-state index is 12.5. The summed E-state index contributed by atoms with van der Waals surface area (Å²) in [5, 5.41) is 0.640. The van der Waals surface area contributed by atoms with Crippen molar-refractivity contribution in [2.75, 3.05) is 5.62 Å². The topological polar surface area (TPSA) is 35.5 Å². The van der Waals surface area contributed by atoms with Crippen LogP contribution in [0.1, 0.15) is 0 Å². The number of hydrogen-bond acceptors (Lipinski definition) is 3. The number of halogens is 3. The van der Waals surface area contributed by atoms with Gasteiger partial charge in [0.05, 0.1) is 10.0 Å². The molecule has 0 N–H and O–H groups in total. The Kier molecular flexibility index (Phi) is 5.22. The predicted octanol–water partition coefficient (Wildman–Crippen LogP) is 5.84. The van der Waals surface area contributed by atoms with E-state index < -0.39 is 7.60 Å². The van der Waals surface area contributed by atoms with Gasteiger partial charge in [0.15, 0.2) is 0 Å². The summed E-state index contributed by atoms with van der Waals surface area (Å²) < 4.78 is 23.2. The summed E-state index contributed by atoms with van der Waals surface area (Å²) in [6, 6.07) is 13.3. The van der Waals surface area contributed by atoms with E-state index in [1.54, 1.807) is 48.5 Å². The third kappa shape index (κ3) is 3.83. The third-order valence-electron chi connectivity index (χ3n) is 2.29. The van der Waals surface area contributed by atoms with Crippen molar-refractivity contribution in [1.82, 2.24) is 0 Å². The molecule has 0 saturated heterocycles. The molecule has 0 unspecified atom stereocenters. The molecule has 0 amide bonds. The van der Waals surface area contributed by atoms with Gasteiger partial charge in [-0.25, -0.2) is 4.57 Å². The number of alkyl halides is 1. The fourth-order valence-electron chi connectivity index (χ4n) is 1.40. The minimum Gasteiger partial charge on any atom is -0.414 e. The largest absolute Gasteiger partial charge is 0.445 e. The van der Waals surface area contributed by atoms with Crippen LogP contribution in [0.2, 0.25) is 10.0 Å². The summed E-state index contributed by atoms with van der Waals surface area (Å²) in [6.45, 7) is 0. The monoisotopic (exact) mass is 350 g/mol. The van der Waals surface area contributed by atoms with E-state index in [0.29, 0.717) is 10.0 Å². The van der Waals surface area contributed by atoms with Crippen molar-refractivity contribution in [3.05, 3.63) is 58.6 Å². The van der Waals surface area contributed by atoms with E-state index in [4.69, 9.17) is 43.9 Å². The molecule has 106 valence electrons. The van der Waals surface area contributed by atoms with Crippen LogP contribution in [0, 0.1) is 0 Å². The van der Waals surface area contributed by atoms with E-state index in [9.17, 15) is 4.57 Å². The summed E-state index contributed by atoms with van der Waals surface area (Å²) in [5.74, 6) is 0.482. The van der Waals surface area contributed by atoms with Gasteiger partial charge in [-0.15, -0.1) is 11.6 Å². The lowest BCUT2D eigenvalue weighted by molar-refractivity contribution is 0.391. The molecule has 0 aliphatic rings. The van der Waals surface area contributed by atoms with Gasteiger partial charge in [0, 0.05) is 0 Å². The summed E-state index contributed by atoms with van der Waals surface area (Å²) in [6.07, 6.45) is 0. The van der Waals surface area contributed by atoms with Gasteiger partial charge in [0.25, 0.3) is 0 Å². The Labute approximate surface area is 131 Å². The fraction of sp³-hybridized carbons (Fsp3) is 0.0769. The van der Waals surface area contributed by atoms with Crippen LogP contribution in [0.4, 0.5) is 0 Å². The Hall–Kier alpha value is -0.860. The van der Waals surface area contributed by atoms with Crippen molar-refractivity contribution >= 4 is 42.4 Å². The Morgan fingerprint density at radius 3 is 1.60 bits per heavy atom. The van der Waals surface area contributed by atoms with Crippen LogP contribution in [0.5, 0.6) is 11.5 Å². The van der Waals surface area contributed by atoms with Crippen LogP contribution >= 0.6 is 42.4 Å². The molecular weight excluding hydrogens is 341 g/mol. The first-order valence-electron chi connectivity index (χ1n) is 5.57. The van der Waals surface area contributed by atoms with Gasteiger partial charge < -0.3 is 9.05 Å². The quantitative estimate of drug-likeness (QED) is 0.501. The first kappa shape index (κ1) is 15.5. The average Bonchev–Trinajstić information content (AvgIpc) is 2.44. The number of rotatable bonds is 5. The minimum atomic E-state index is -3.60. The molecule has 2 rings (SSSR count). The Morgan fingerprint density at radius 2 is 1.25 bits per heavy atom. The summed E-state index contributed by atoms with van der Waals surface area (Å²) in [4.78, 5) is 0. The standard InChI is InChI=1S/C13H10Cl3O3P/c14-9-20(17,18-12-7-3-1-5-10(12)15)19-13-8-4-2-6-11(13)16/h1-8H,9H2. The van der Waals surface area contributed by atoms with Gasteiger partial charge in [0.1, 0.15) is 17.1 Å². The second kappa shape index (κ2) is 6.73. The molecule has 0 spiro atoms. The molecule has 0 aliphatic carbocycles. The van der Waals surface area contributed by atoms with Crippen molar-refractivity contribution in [2.45, 2.75) is 0 Å². The van der Waals surface area contributed by atoms with E-state index >= 15 is 0 Å². The Balaban J connectivity index is 2.24. The first-order valence-corrected chi connectivity index (χ1v) is 8.59. The molecule has 0 bridgehead atoms. The van der Waals surface area contributed by atoms with Crippen LogP contribution in [0.15, 0.2) is 48.5 Å². The highest BCUT2D eigenvalue weighted by molar-refractivity contribution is 7.56. The second-order valence-corrected chi connectivity index (χ2v) is 7.13. The van der Waals surface area contributed by atoms with Crippen molar-refractivity contribution < 1.29 is 13.6 Å². The highest BCUT2D eigenvalue weighted by Gasteiger charge is 2.28. The molecule has 2 aromatic rings. The molecule has 0 aromatic heterocycles. The first-order chi connectivity index (χ1) is 9.54. The molecule has 0 radical (unpaired) electrons. The van der Waals surface area contributed by atoms with Gasteiger partial charge in [-0.2, -0.15) is 0 Å². The van der Waals surface area contributed by atoms with Gasteiger partial charge >= 0.3 is 7.60 Å². The van der Waals surface area contributed by atoms with Crippen molar-refractivity contribution in [2.24, 2.45) is 0 Å². The third-order valence-corrected chi connectivity index (χ3v) is 5.04. The minimum absolute atomic E-state index is 0.241. The zero-order valence-corrected chi connectivity index (χ0v) is 13.3. The molecular formula is C13H10Cl3O3P. The molecule has 2 aromatic carbocycles. The maximum Gasteiger partial charge on any atom is 0.445 e. The molecule has 0 heterocycles. The molecule has 7 heteroatoms. The van der Waals surface area contributed by atoms with E-state index in [0.717, 1.165) is 0 Å². The lowest BCUT2D eigenvalue weighted by atomic mass is 10.3. The zero-order chi connectivity index (χ0) is 14.6. The van der Waals surface area contributed by atoms with Gasteiger partial charge in [-0.3, -0.25) is 0 Å². The lowest BCUT2D eigenvalue weighted by Crippen LogP contribution is -2.02. The SMILES string of the molecule is O=P(CCl)(Oc1ccccc1Cl)Oc1ccccc1Cl. The van der Waals surface area contributed by atoms with Gasteiger partial charge in [-0.1, -0.05) is 47.5 Å². The van der Waals surface area contributed by atoms with Crippen LogP contribution in [-0.4, -0.2) is 5.62 Å². The van der Waals surface area contributed by atoms with Crippen molar-refractivity contribution in [3.63, 3.8) is 0 Å². The maximum atomic E-state index is 12.5. The van der Waals surface area contributed by atoms with E-state index in [1.807, 2.05) is 0 Å².